The fraction of sp³-hybridized carbons (Fsp3) is 0.778. The van der Waals surface area contributed by atoms with Gasteiger partial charge in [-0.15, -0.1) is 11.8 Å². The van der Waals surface area contributed by atoms with E-state index in [1.165, 1.54) is 0 Å². The molecule has 0 amide bonds. The maximum Gasteiger partial charge on any atom is 0.401 e. The largest absolute Gasteiger partial charge is 0.401 e. The number of rotatable bonds is 0. The van der Waals surface area contributed by atoms with Gasteiger partial charge in [0.25, 0.3) is 0 Å². The van der Waals surface area contributed by atoms with Gasteiger partial charge in [0.2, 0.25) is 0 Å². The summed E-state index contributed by atoms with van der Waals surface area (Å²) in [4.78, 5) is 0.984. The monoisotopic (exact) mass is 223 g/mol. The predicted octanol–water partition coefficient (Wildman–Crippen LogP) is 2.69. The van der Waals surface area contributed by atoms with E-state index in [2.05, 4.69) is 5.32 Å². The molecule has 1 N–H and O–H groups in total. The number of nitrogens with one attached hydrogen (secondary N) is 1. The first-order valence-electron chi connectivity index (χ1n) is 4.72. The number of halogens is 3. The van der Waals surface area contributed by atoms with Gasteiger partial charge in [0, 0.05) is 0 Å². The molecule has 5 heteroatoms. The quantitative estimate of drug-likeness (QED) is 0.677. The fourth-order valence-electron chi connectivity index (χ4n) is 1.86. The van der Waals surface area contributed by atoms with Gasteiger partial charge in [-0.05, 0) is 37.3 Å². The zero-order valence-electron chi connectivity index (χ0n) is 7.66. The van der Waals surface area contributed by atoms with Crippen molar-refractivity contribution in [3.05, 3.63) is 10.5 Å². The Balaban J connectivity index is 2.04. The summed E-state index contributed by atoms with van der Waals surface area (Å²) >= 11 is 1.03. The average molecular weight is 223 g/mol. The maximum absolute atomic E-state index is 12.4. The summed E-state index contributed by atoms with van der Waals surface area (Å²) < 4.78 is 37.3. The summed E-state index contributed by atoms with van der Waals surface area (Å²) in [5.41, 5.74) is 1.03. The molecular formula is C9H12F3NS. The second kappa shape index (κ2) is 3.77. The van der Waals surface area contributed by atoms with Crippen LogP contribution in [0.15, 0.2) is 10.5 Å². The van der Waals surface area contributed by atoms with Crippen molar-refractivity contribution < 1.29 is 13.2 Å². The highest BCUT2D eigenvalue weighted by Gasteiger charge is 2.44. The Bertz CT molecular complexity index is 241. The first-order chi connectivity index (χ1) is 6.57. The first kappa shape index (κ1) is 10.4. The van der Waals surface area contributed by atoms with Crippen LogP contribution in [0.2, 0.25) is 0 Å². The van der Waals surface area contributed by atoms with Crippen LogP contribution in [0.1, 0.15) is 19.3 Å². The van der Waals surface area contributed by atoms with Crippen molar-refractivity contribution >= 4 is 11.8 Å². The van der Waals surface area contributed by atoms with Crippen molar-refractivity contribution in [1.82, 2.24) is 5.32 Å². The van der Waals surface area contributed by atoms with Crippen LogP contribution in [-0.4, -0.2) is 24.5 Å². The standard InChI is InChI=1S/C9H12F3NS/c10-9(11,12)8-5-6-1-3-13-4-2-7(6)14-8/h8,13H,1-5H2. The zero-order valence-corrected chi connectivity index (χ0v) is 8.47. The highest BCUT2D eigenvalue weighted by molar-refractivity contribution is 8.04. The van der Waals surface area contributed by atoms with Gasteiger partial charge in [-0.25, -0.2) is 0 Å². The highest BCUT2D eigenvalue weighted by atomic mass is 32.2. The van der Waals surface area contributed by atoms with E-state index < -0.39 is 11.4 Å². The molecule has 2 aliphatic heterocycles. The minimum Gasteiger partial charge on any atom is -0.316 e. The second-order valence-electron chi connectivity index (χ2n) is 3.63. The minimum atomic E-state index is -4.04. The van der Waals surface area contributed by atoms with E-state index in [4.69, 9.17) is 0 Å². The van der Waals surface area contributed by atoms with Gasteiger partial charge in [-0.1, -0.05) is 5.57 Å². The lowest BCUT2D eigenvalue weighted by atomic mass is 10.1. The summed E-state index contributed by atoms with van der Waals surface area (Å²) in [5.74, 6) is 0. The molecule has 14 heavy (non-hydrogen) atoms. The Morgan fingerprint density at radius 3 is 2.64 bits per heavy atom. The topological polar surface area (TPSA) is 12.0 Å². The molecule has 2 heterocycles. The summed E-state index contributed by atoms with van der Waals surface area (Å²) in [6.45, 7) is 1.64. The lowest BCUT2D eigenvalue weighted by molar-refractivity contribution is -0.127. The predicted molar refractivity (Wildman–Crippen MR) is 51.2 cm³/mol. The molecule has 1 atom stereocenters. The van der Waals surface area contributed by atoms with E-state index in [0.717, 1.165) is 48.2 Å². The number of thioether (sulfide) groups is 1. The van der Waals surface area contributed by atoms with Gasteiger partial charge in [0.15, 0.2) is 0 Å². The average Bonchev–Trinajstić information content (AvgIpc) is 2.38. The number of alkyl halides is 3. The van der Waals surface area contributed by atoms with E-state index in [9.17, 15) is 13.2 Å². The zero-order chi connectivity index (χ0) is 10.2. The Labute approximate surface area is 85.1 Å². The molecule has 1 unspecified atom stereocenters. The molecular weight excluding hydrogens is 211 g/mol. The van der Waals surface area contributed by atoms with E-state index >= 15 is 0 Å². The van der Waals surface area contributed by atoms with Crippen LogP contribution >= 0.6 is 11.8 Å². The van der Waals surface area contributed by atoms with Crippen LogP contribution in [0.25, 0.3) is 0 Å². The molecule has 0 aromatic carbocycles. The maximum atomic E-state index is 12.4. The van der Waals surface area contributed by atoms with Crippen LogP contribution in [-0.2, 0) is 0 Å². The van der Waals surface area contributed by atoms with Crippen molar-refractivity contribution in [2.45, 2.75) is 30.7 Å². The van der Waals surface area contributed by atoms with Gasteiger partial charge < -0.3 is 5.32 Å². The Morgan fingerprint density at radius 1 is 1.21 bits per heavy atom. The van der Waals surface area contributed by atoms with Crippen molar-refractivity contribution in [2.75, 3.05) is 13.1 Å². The Morgan fingerprint density at radius 2 is 1.93 bits per heavy atom. The van der Waals surface area contributed by atoms with Crippen LogP contribution in [0, 0.1) is 0 Å². The third-order valence-electron chi connectivity index (χ3n) is 2.61. The van der Waals surface area contributed by atoms with Crippen molar-refractivity contribution in [1.29, 1.82) is 0 Å². The van der Waals surface area contributed by atoms with Crippen LogP contribution in [0.5, 0.6) is 0 Å². The Kier molecular flexibility index (Phi) is 2.79. The van der Waals surface area contributed by atoms with Gasteiger partial charge in [0.05, 0.1) is 0 Å². The van der Waals surface area contributed by atoms with Crippen LogP contribution in [0.4, 0.5) is 13.2 Å². The third-order valence-corrected chi connectivity index (χ3v) is 4.10. The molecule has 80 valence electrons. The SMILES string of the molecule is FC(F)(F)C1CC2=C(CCNCC2)S1. The fourth-order valence-corrected chi connectivity index (χ4v) is 3.19. The van der Waals surface area contributed by atoms with Gasteiger partial charge in [0.1, 0.15) is 5.25 Å². The summed E-state index contributed by atoms with van der Waals surface area (Å²) in [6, 6.07) is 0. The van der Waals surface area contributed by atoms with E-state index in [-0.39, 0.29) is 6.42 Å². The van der Waals surface area contributed by atoms with Gasteiger partial charge in [-0.2, -0.15) is 13.2 Å². The molecule has 0 saturated heterocycles. The third kappa shape index (κ3) is 2.08. The van der Waals surface area contributed by atoms with E-state index in [1.807, 2.05) is 0 Å². The molecule has 0 spiro atoms. The normalized spacial score (nSPS) is 28.9. The van der Waals surface area contributed by atoms with Gasteiger partial charge >= 0.3 is 6.18 Å². The summed E-state index contributed by atoms with van der Waals surface area (Å²) in [6.07, 6.45) is -2.27. The van der Waals surface area contributed by atoms with E-state index in [0.29, 0.717) is 0 Å². The number of hydrogen-bond donors (Lipinski definition) is 1. The Hall–Kier alpha value is -0.160. The smallest absolute Gasteiger partial charge is 0.316 e. The van der Waals surface area contributed by atoms with Crippen molar-refractivity contribution in [3.63, 3.8) is 0 Å². The minimum absolute atomic E-state index is 0.213. The molecule has 2 rings (SSSR count). The molecule has 0 fully saturated rings. The van der Waals surface area contributed by atoms with Crippen molar-refractivity contribution in [2.24, 2.45) is 0 Å². The van der Waals surface area contributed by atoms with E-state index in [1.54, 1.807) is 0 Å². The molecule has 0 aliphatic carbocycles. The lowest BCUT2D eigenvalue weighted by Gasteiger charge is -2.14. The molecule has 0 bridgehead atoms. The van der Waals surface area contributed by atoms with Crippen molar-refractivity contribution in [3.8, 4) is 0 Å². The van der Waals surface area contributed by atoms with Crippen LogP contribution < -0.4 is 5.32 Å². The van der Waals surface area contributed by atoms with Crippen LogP contribution in [0.3, 0.4) is 0 Å². The molecule has 0 aromatic rings. The molecule has 0 aromatic heterocycles. The summed E-state index contributed by atoms with van der Waals surface area (Å²) in [5, 5.41) is 2.02. The van der Waals surface area contributed by atoms with Gasteiger partial charge in [-0.3, -0.25) is 0 Å². The summed E-state index contributed by atoms with van der Waals surface area (Å²) in [7, 11) is 0. The molecule has 0 saturated carbocycles. The first-order valence-corrected chi connectivity index (χ1v) is 5.60. The molecule has 0 radical (unpaired) electrons. The lowest BCUT2D eigenvalue weighted by Crippen LogP contribution is -2.24. The molecule has 1 nitrogen and oxygen atoms in total. The molecule has 2 aliphatic rings. The number of hydrogen-bond acceptors (Lipinski definition) is 2. The second-order valence-corrected chi connectivity index (χ2v) is 4.93. The highest BCUT2D eigenvalue weighted by Crippen LogP contribution is 2.47.